The molecule has 0 unspecified atom stereocenters. The van der Waals surface area contributed by atoms with E-state index in [1.807, 2.05) is 60.7 Å². The average molecular weight is 298 g/mol. The fourth-order valence-corrected chi connectivity index (χ4v) is 2.08. The minimum atomic E-state index is -0.948. The predicted molar refractivity (Wildman–Crippen MR) is 81.9 cm³/mol. The van der Waals surface area contributed by atoms with E-state index >= 15 is 0 Å². The fourth-order valence-electron chi connectivity index (χ4n) is 2.08. The van der Waals surface area contributed by atoms with Crippen molar-refractivity contribution < 1.29 is 19.1 Å². The van der Waals surface area contributed by atoms with Gasteiger partial charge in [-0.1, -0.05) is 60.7 Å². The summed E-state index contributed by atoms with van der Waals surface area (Å²) in [6.45, 7) is 0.141. The monoisotopic (exact) mass is 298 g/mol. The molecule has 4 heteroatoms. The third-order valence-corrected chi connectivity index (χ3v) is 3.28. The number of hydrogen-bond donors (Lipinski definition) is 0. The third kappa shape index (κ3) is 4.45. The maximum Gasteiger partial charge on any atom is 0.321 e. The van der Waals surface area contributed by atoms with Crippen LogP contribution in [-0.2, 0) is 32.1 Å². The molecule has 0 radical (unpaired) electrons. The topological polar surface area (TPSA) is 52.6 Å². The first-order valence-electron chi connectivity index (χ1n) is 7.03. The molecule has 0 aliphatic carbocycles. The number of benzene rings is 2. The van der Waals surface area contributed by atoms with Crippen molar-refractivity contribution in [1.29, 1.82) is 0 Å². The number of carbonyl (C=O) groups excluding carboxylic acids is 2. The molecule has 0 fully saturated rings. The van der Waals surface area contributed by atoms with E-state index in [0.717, 1.165) is 11.1 Å². The van der Waals surface area contributed by atoms with E-state index < -0.39 is 17.9 Å². The molecular weight excluding hydrogens is 280 g/mol. The molecule has 0 saturated heterocycles. The number of hydrogen-bond acceptors (Lipinski definition) is 4. The van der Waals surface area contributed by atoms with Gasteiger partial charge in [-0.3, -0.25) is 9.59 Å². The highest BCUT2D eigenvalue weighted by molar-refractivity contribution is 5.95. The summed E-state index contributed by atoms with van der Waals surface area (Å²) in [4.78, 5) is 24.0. The second-order valence-corrected chi connectivity index (χ2v) is 4.86. The van der Waals surface area contributed by atoms with Crippen LogP contribution in [0.5, 0.6) is 0 Å². The van der Waals surface area contributed by atoms with Gasteiger partial charge in [-0.05, 0) is 17.5 Å². The molecule has 0 aliphatic rings. The molecule has 4 nitrogen and oxygen atoms in total. The van der Waals surface area contributed by atoms with Crippen molar-refractivity contribution in [2.45, 2.75) is 13.0 Å². The summed E-state index contributed by atoms with van der Waals surface area (Å²) in [5.74, 6) is -2.10. The standard InChI is InChI=1S/C18H18O4/c1-21-17(19)16(12-14-8-4-2-5-9-14)18(20)22-13-15-10-6-3-7-11-15/h2-11,16H,12-13H2,1H3/t16-/m0/s1. The molecule has 0 N–H and O–H groups in total. The van der Waals surface area contributed by atoms with E-state index in [9.17, 15) is 9.59 Å². The zero-order valence-corrected chi connectivity index (χ0v) is 12.4. The Morgan fingerprint density at radius 2 is 1.41 bits per heavy atom. The first-order chi connectivity index (χ1) is 10.7. The normalized spacial score (nSPS) is 11.5. The van der Waals surface area contributed by atoms with Crippen LogP contribution in [-0.4, -0.2) is 19.0 Å². The Balaban J connectivity index is 2.02. The number of methoxy groups -OCH3 is 1. The van der Waals surface area contributed by atoms with Crippen LogP contribution in [0.3, 0.4) is 0 Å². The van der Waals surface area contributed by atoms with Gasteiger partial charge in [0.05, 0.1) is 7.11 Å². The first kappa shape index (κ1) is 15.8. The summed E-state index contributed by atoms with van der Waals surface area (Å²) in [6.07, 6.45) is 0.265. The molecule has 0 heterocycles. The van der Waals surface area contributed by atoms with Gasteiger partial charge in [-0.2, -0.15) is 0 Å². The summed E-state index contributed by atoms with van der Waals surface area (Å²) in [6, 6.07) is 18.7. The van der Waals surface area contributed by atoms with Gasteiger partial charge in [0.15, 0.2) is 5.92 Å². The maximum absolute atomic E-state index is 12.2. The van der Waals surface area contributed by atoms with E-state index in [0.29, 0.717) is 0 Å². The van der Waals surface area contributed by atoms with Crippen LogP contribution < -0.4 is 0 Å². The number of ether oxygens (including phenoxy) is 2. The van der Waals surface area contributed by atoms with Gasteiger partial charge in [-0.15, -0.1) is 0 Å². The lowest BCUT2D eigenvalue weighted by Gasteiger charge is -2.14. The van der Waals surface area contributed by atoms with E-state index in [4.69, 9.17) is 9.47 Å². The lowest BCUT2D eigenvalue weighted by Crippen LogP contribution is -2.29. The van der Waals surface area contributed by atoms with Crippen molar-refractivity contribution in [1.82, 2.24) is 0 Å². The molecule has 0 aliphatic heterocycles. The molecule has 0 aromatic heterocycles. The van der Waals surface area contributed by atoms with Gasteiger partial charge in [-0.25, -0.2) is 0 Å². The maximum atomic E-state index is 12.2. The van der Waals surface area contributed by atoms with Crippen LogP contribution >= 0.6 is 0 Å². The highest BCUT2D eigenvalue weighted by Crippen LogP contribution is 2.13. The first-order valence-corrected chi connectivity index (χ1v) is 7.03. The summed E-state index contributed by atoms with van der Waals surface area (Å²) in [7, 11) is 1.27. The Bertz CT molecular complexity index is 607. The van der Waals surface area contributed by atoms with Crippen molar-refractivity contribution in [2.75, 3.05) is 7.11 Å². The summed E-state index contributed by atoms with van der Waals surface area (Å²) < 4.78 is 9.96. The van der Waals surface area contributed by atoms with E-state index in [-0.39, 0.29) is 13.0 Å². The SMILES string of the molecule is COC(=O)[C@H](Cc1ccccc1)C(=O)OCc1ccccc1. The van der Waals surface area contributed by atoms with Crippen LogP contribution in [0.15, 0.2) is 60.7 Å². The minimum Gasteiger partial charge on any atom is -0.468 e. The number of rotatable bonds is 6. The summed E-state index contributed by atoms with van der Waals surface area (Å²) in [5, 5.41) is 0. The van der Waals surface area contributed by atoms with E-state index in [2.05, 4.69) is 0 Å². The summed E-state index contributed by atoms with van der Waals surface area (Å²) >= 11 is 0. The zero-order chi connectivity index (χ0) is 15.8. The molecule has 2 aromatic rings. The van der Waals surface area contributed by atoms with Crippen LogP contribution in [0.1, 0.15) is 11.1 Å². The number of carbonyl (C=O) groups is 2. The molecule has 2 rings (SSSR count). The van der Waals surface area contributed by atoms with Crippen LogP contribution in [0.2, 0.25) is 0 Å². The molecule has 0 amide bonds. The van der Waals surface area contributed by atoms with Gasteiger partial charge < -0.3 is 9.47 Å². The number of esters is 2. The Hall–Kier alpha value is -2.62. The highest BCUT2D eigenvalue weighted by atomic mass is 16.5. The van der Waals surface area contributed by atoms with Gasteiger partial charge in [0.2, 0.25) is 0 Å². The molecule has 22 heavy (non-hydrogen) atoms. The fraction of sp³-hybridized carbons (Fsp3) is 0.222. The van der Waals surface area contributed by atoms with Crippen molar-refractivity contribution >= 4 is 11.9 Å². The van der Waals surface area contributed by atoms with Crippen molar-refractivity contribution in [3.8, 4) is 0 Å². The molecule has 0 spiro atoms. The highest BCUT2D eigenvalue weighted by Gasteiger charge is 2.29. The largest absolute Gasteiger partial charge is 0.468 e. The van der Waals surface area contributed by atoms with Crippen molar-refractivity contribution in [3.63, 3.8) is 0 Å². The zero-order valence-electron chi connectivity index (χ0n) is 12.4. The van der Waals surface area contributed by atoms with Gasteiger partial charge in [0, 0.05) is 0 Å². The molecule has 1 atom stereocenters. The Kier molecular flexibility index (Phi) is 5.72. The molecule has 114 valence electrons. The quantitative estimate of drug-likeness (QED) is 0.608. The lowest BCUT2D eigenvalue weighted by atomic mass is 9.99. The molecule has 0 saturated carbocycles. The smallest absolute Gasteiger partial charge is 0.321 e. The molecule has 0 bridgehead atoms. The summed E-state index contributed by atoms with van der Waals surface area (Å²) in [5.41, 5.74) is 1.76. The lowest BCUT2D eigenvalue weighted by molar-refractivity contribution is -0.161. The average Bonchev–Trinajstić information content (AvgIpc) is 2.58. The molecule has 2 aromatic carbocycles. The minimum absolute atomic E-state index is 0.141. The molecular formula is C18H18O4. The van der Waals surface area contributed by atoms with Crippen molar-refractivity contribution in [3.05, 3.63) is 71.8 Å². The van der Waals surface area contributed by atoms with E-state index in [1.165, 1.54) is 7.11 Å². The third-order valence-electron chi connectivity index (χ3n) is 3.28. The van der Waals surface area contributed by atoms with Gasteiger partial charge in [0.25, 0.3) is 0 Å². The second kappa shape index (κ2) is 7.98. The Morgan fingerprint density at radius 1 is 0.864 bits per heavy atom. The predicted octanol–water partition coefficient (Wildman–Crippen LogP) is 2.76. The van der Waals surface area contributed by atoms with Crippen molar-refractivity contribution in [2.24, 2.45) is 5.92 Å². The Labute approximate surface area is 129 Å². The Morgan fingerprint density at radius 3 is 1.95 bits per heavy atom. The van der Waals surface area contributed by atoms with Crippen LogP contribution in [0.25, 0.3) is 0 Å². The van der Waals surface area contributed by atoms with Gasteiger partial charge in [0.1, 0.15) is 6.61 Å². The van der Waals surface area contributed by atoms with Crippen LogP contribution in [0.4, 0.5) is 0 Å². The second-order valence-electron chi connectivity index (χ2n) is 4.86. The van der Waals surface area contributed by atoms with E-state index in [1.54, 1.807) is 0 Å². The van der Waals surface area contributed by atoms with Crippen LogP contribution in [0, 0.1) is 5.92 Å². The van der Waals surface area contributed by atoms with Gasteiger partial charge >= 0.3 is 11.9 Å².